The van der Waals surface area contributed by atoms with Crippen LogP contribution >= 0.6 is 0 Å². The smallest absolute Gasteiger partial charge is 0.269 e. The molecule has 0 fully saturated rings. The topological polar surface area (TPSA) is 84.6 Å². The first kappa shape index (κ1) is 13.9. The molecule has 2 aromatic rings. The third kappa shape index (κ3) is 2.35. The SMILES string of the molecule is CNC(=O)c1cccc2c1CC(c1ccc([N+](=O)[O-])cc1)=N2. The lowest BCUT2D eigenvalue weighted by Crippen LogP contribution is -2.19. The Morgan fingerprint density at radius 1 is 1.23 bits per heavy atom. The summed E-state index contributed by atoms with van der Waals surface area (Å²) in [5, 5.41) is 13.3. The molecule has 0 aliphatic carbocycles. The van der Waals surface area contributed by atoms with Crippen LogP contribution in [-0.2, 0) is 6.42 Å². The van der Waals surface area contributed by atoms with Crippen molar-refractivity contribution < 1.29 is 9.72 Å². The molecule has 2 aromatic carbocycles. The second kappa shape index (κ2) is 5.40. The molecule has 6 nitrogen and oxygen atoms in total. The van der Waals surface area contributed by atoms with Crippen LogP contribution in [0.3, 0.4) is 0 Å². The highest BCUT2D eigenvalue weighted by Gasteiger charge is 2.22. The molecule has 0 saturated heterocycles. The molecule has 0 radical (unpaired) electrons. The number of fused-ring (bicyclic) bond motifs is 1. The molecule has 1 N–H and O–H groups in total. The zero-order chi connectivity index (χ0) is 15.7. The number of carbonyl (C=O) groups excluding carboxylic acids is 1. The van der Waals surface area contributed by atoms with E-state index < -0.39 is 4.92 Å². The molecule has 0 aromatic heterocycles. The van der Waals surface area contributed by atoms with Crippen LogP contribution in [0.4, 0.5) is 11.4 Å². The number of nitrogens with zero attached hydrogens (tertiary/aromatic N) is 2. The molecule has 1 aliphatic heterocycles. The molecule has 6 heteroatoms. The van der Waals surface area contributed by atoms with E-state index in [-0.39, 0.29) is 11.6 Å². The highest BCUT2D eigenvalue weighted by Crippen LogP contribution is 2.31. The number of benzene rings is 2. The molecule has 0 atom stereocenters. The number of non-ortho nitro benzene ring substituents is 1. The maximum absolute atomic E-state index is 11.9. The van der Waals surface area contributed by atoms with Crippen LogP contribution in [0.15, 0.2) is 47.5 Å². The van der Waals surface area contributed by atoms with Crippen LogP contribution in [0.1, 0.15) is 21.5 Å². The van der Waals surface area contributed by atoms with Gasteiger partial charge in [0.2, 0.25) is 0 Å². The van der Waals surface area contributed by atoms with Crippen molar-refractivity contribution in [2.24, 2.45) is 4.99 Å². The van der Waals surface area contributed by atoms with Gasteiger partial charge in [0.05, 0.1) is 16.3 Å². The van der Waals surface area contributed by atoms with Crippen LogP contribution in [-0.4, -0.2) is 23.6 Å². The summed E-state index contributed by atoms with van der Waals surface area (Å²) >= 11 is 0. The van der Waals surface area contributed by atoms with Gasteiger partial charge < -0.3 is 5.32 Å². The van der Waals surface area contributed by atoms with Crippen LogP contribution in [0.25, 0.3) is 0 Å². The van der Waals surface area contributed by atoms with Crippen LogP contribution in [0, 0.1) is 10.1 Å². The molecule has 22 heavy (non-hydrogen) atoms. The Morgan fingerprint density at radius 3 is 2.59 bits per heavy atom. The first-order valence-electron chi connectivity index (χ1n) is 6.76. The van der Waals surface area contributed by atoms with Crippen molar-refractivity contribution in [2.75, 3.05) is 7.05 Å². The van der Waals surface area contributed by atoms with Gasteiger partial charge >= 0.3 is 0 Å². The fraction of sp³-hybridized carbons (Fsp3) is 0.125. The minimum atomic E-state index is -0.432. The van der Waals surface area contributed by atoms with Crippen molar-refractivity contribution in [3.05, 3.63) is 69.3 Å². The highest BCUT2D eigenvalue weighted by atomic mass is 16.6. The van der Waals surface area contributed by atoms with Gasteiger partial charge in [0.15, 0.2) is 0 Å². The van der Waals surface area contributed by atoms with Crippen LogP contribution < -0.4 is 5.32 Å². The standard InChI is InChI=1S/C16H13N3O3/c1-17-16(20)12-3-2-4-14-13(12)9-15(18-14)10-5-7-11(8-6-10)19(21)22/h2-8H,9H2,1H3,(H,17,20). The molecule has 0 bridgehead atoms. The van der Waals surface area contributed by atoms with E-state index in [1.54, 1.807) is 31.3 Å². The van der Waals surface area contributed by atoms with Crippen molar-refractivity contribution in [3.8, 4) is 0 Å². The Bertz CT molecular complexity index is 795. The quantitative estimate of drug-likeness (QED) is 0.697. The van der Waals surface area contributed by atoms with Crippen molar-refractivity contribution >= 4 is 23.0 Å². The molecule has 1 amide bonds. The van der Waals surface area contributed by atoms with Gasteiger partial charge in [-0.05, 0) is 35.4 Å². The van der Waals surface area contributed by atoms with E-state index in [0.29, 0.717) is 12.0 Å². The summed E-state index contributed by atoms with van der Waals surface area (Å²) in [6.45, 7) is 0. The minimum Gasteiger partial charge on any atom is -0.355 e. The molecule has 1 aliphatic rings. The van der Waals surface area contributed by atoms with Crippen LogP contribution in [0.2, 0.25) is 0 Å². The summed E-state index contributed by atoms with van der Waals surface area (Å²) in [5.74, 6) is -0.142. The van der Waals surface area contributed by atoms with E-state index in [1.807, 2.05) is 6.07 Å². The first-order valence-corrected chi connectivity index (χ1v) is 6.76. The fourth-order valence-corrected chi connectivity index (χ4v) is 2.51. The Labute approximate surface area is 126 Å². The van der Waals surface area contributed by atoms with Crippen molar-refractivity contribution in [2.45, 2.75) is 6.42 Å². The molecular formula is C16H13N3O3. The second-order valence-electron chi connectivity index (χ2n) is 4.92. The van der Waals surface area contributed by atoms with E-state index in [4.69, 9.17) is 0 Å². The normalized spacial score (nSPS) is 12.5. The maximum Gasteiger partial charge on any atom is 0.269 e. The molecule has 0 unspecified atom stereocenters. The number of nitro groups is 1. The monoisotopic (exact) mass is 295 g/mol. The molecule has 3 rings (SSSR count). The molecule has 1 heterocycles. The maximum atomic E-state index is 11.9. The average molecular weight is 295 g/mol. The fourth-order valence-electron chi connectivity index (χ4n) is 2.51. The third-order valence-electron chi connectivity index (χ3n) is 3.63. The highest BCUT2D eigenvalue weighted by molar-refractivity contribution is 6.09. The molecule has 0 saturated carbocycles. The lowest BCUT2D eigenvalue weighted by atomic mass is 9.99. The van der Waals surface area contributed by atoms with E-state index >= 15 is 0 Å². The Kier molecular flexibility index (Phi) is 3.42. The number of carbonyl (C=O) groups is 1. The predicted octanol–water partition coefficient (Wildman–Crippen LogP) is 2.63. The molecular weight excluding hydrogens is 282 g/mol. The Morgan fingerprint density at radius 2 is 1.95 bits per heavy atom. The predicted molar refractivity (Wildman–Crippen MR) is 82.8 cm³/mol. The summed E-state index contributed by atoms with van der Waals surface area (Å²) < 4.78 is 0. The summed E-state index contributed by atoms with van der Waals surface area (Å²) in [6, 6.07) is 11.7. The van der Waals surface area contributed by atoms with Gasteiger partial charge in [-0.25, -0.2) is 0 Å². The lowest BCUT2D eigenvalue weighted by molar-refractivity contribution is -0.384. The third-order valence-corrected chi connectivity index (χ3v) is 3.63. The van der Waals surface area contributed by atoms with Crippen LogP contribution in [0.5, 0.6) is 0 Å². The molecule has 0 spiro atoms. The van der Waals surface area contributed by atoms with E-state index in [2.05, 4.69) is 10.3 Å². The van der Waals surface area contributed by atoms with E-state index in [1.165, 1.54) is 12.1 Å². The number of aliphatic imine (C=N–C) groups is 1. The first-order chi connectivity index (χ1) is 10.6. The van der Waals surface area contributed by atoms with Crippen molar-refractivity contribution in [1.29, 1.82) is 0 Å². The zero-order valence-corrected chi connectivity index (χ0v) is 11.9. The van der Waals surface area contributed by atoms with Gasteiger partial charge in [0.1, 0.15) is 0 Å². The number of hydrogen-bond acceptors (Lipinski definition) is 4. The van der Waals surface area contributed by atoms with Crippen molar-refractivity contribution in [3.63, 3.8) is 0 Å². The summed E-state index contributed by atoms with van der Waals surface area (Å²) in [4.78, 5) is 26.7. The zero-order valence-electron chi connectivity index (χ0n) is 11.9. The number of amides is 1. The largest absolute Gasteiger partial charge is 0.355 e. The van der Waals surface area contributed by atoms with Gasteiger partial charge in [-0.2, -0.15) is 0 Å². The average Bonchev–Trinajstić information content (AvgIpc) is 2.98. The van der Waals surface area contributed by atoms with E-state index in [0.717, 1.165) is 22.5 Å². The van der Waals surface area contributed by atoms with Gasteiger partial charge in [-0.3, -0.25) is 19.9 Å². The number of rotatable bonds is 3. The van der Waals surface area contributed by atoms with Gasteiger partial charge in [0, 0.05) is 31.2 Å². The summed E-state index contributed by atoms with van der Waals surface area (Å²) in [7, 11) is 1.59. The van der Waals surface area contributed by atoms with Gasteiger partial charge in [-0.15, -0.1) is 0 Å². The Balaban J connectivity index is 1.93. The van der Waals surface area contributed by atoms with Crippen molar-refractivity contribution in [1.82, 2.24) is 5.32 Å². The van der Waals surface area contributed by atoms with Gasteiger partial charge in [0.25, 0.3) is 11.6 Å². The number of nitrogens with one attached hydrogen (secondary N) is 1. The Hall–Kier alpha value is -3.02. The summed E-state index contributed by atoms with van der Waals surface area (Å²) in [6.07, 6.45) is 0.538. The summed E-state index contributed by atoms with van der Waals surface area (Å²) in [5.41, 5.74) is 3.95. The van der Waals surface area contributed by atoms with Gasteiger partial charge in [-0.1, -0.05) is 6.07 Å². The second-order valence-corrected chi connectivity index (χ2v) is 4.92. The lowest BCUT2D eigenvalue weighted by Gasteiger charge is -2.05. The number of nitro benzene ring substituents is 1. The minimum absolute atomic E-state index is 0.0471. The number of hydrogen-bond donors (Lipinski definition) is 1. The molecule has 110 valence electrons. The van der Waals surface area contributed by atoms with E-state index in [9.17, 15) is 14.9 Å².